The molecule has 1 saturated carbocycles. The first-order valence-electron chi connectivity index (χ1n) is 10.2. The summed E-state index contributed by atoms with van der Waals surface area (Å²) in [7, 11) is 0. The van der Waals surface area contributed by atoms with E-state index in [0.29, 0.717) is 16.1 Å². The summed E-state index contributed by atoms with van der Waals surface area (Å²) in [6, 6.07) is 29.1. The lowest BCUT2D eigenvalue weighted by molar-refractivity contribution is -0.118. The molecule has 1 fully saturated rings. The number of benzene rings is 3. The van der Waals surface area contributed by atoms with Gasteiger partial charge in [0.1, 0.15) is 5.76 Å². The van der Waals surface area contributed by atoms with E-state index in [0.717, 1.165) is 5.56 Å². The Morgan fingerprint density at radius 2 is 1.44 bits per heavy atom. The van der Waals surface area contributed by atoms with E-state index >= 15 is 0 Å². The quantitative estimate of drug-likeness (QED) is 0.390. The van der Waals surface area contributed by atoms with Crippen LogP contribution in [0.2, 0.25) is 5.02 Å². The van der Waals surface area contributed by atoms with Crippen LogP contribution in [0.4, 0.5) is 0 Å². The van der Waals surface area contributed by atoms with Gasteiger partial charge < -0.3 is 5.11 Å². The van der Waals surface area contributed by atoms with Crippen molar-refractivity contribution in [3.63, 3.8) is 0 Å². The van der Waals surface area contributed by atoms with Gasteiger partial charge >= 0.3 is 0 Å². The third kappa shape index (κ3) is 3.56. The molecule has 2 atom stereocenters. The Hall–Kier alpha value is -3.86. The molecule has 4 rings (SSSR count). The summed E-state index contributed by atoms with van der Waals surface area (Å²) in [5, 5.41) is 32.5. The molecule has 0 heterocycles. The molecule has 1 aliphatic carbocycles. The van der Waals surface area contributed by atoms with Crippen LogP contribution in [0.15, 0.2) is 90.5 Å². The Kier molecular flexibility index (Phi) is 5.82. The average Bonchev–Trinajstić information content (AvgIpc) is 2.85. The highest BCUT2D eigenvalue weighted by molar-refractivity contribution is 6.30. The fraction of sp³-hybridized carbons (Fsp3) is 0.148. The van der Waals surface area contributed by atoms with E-state index in [1.807, 2.05) is 30.3 Å². The molecule has 32 heavy (non-hydrogen) atoms. The van der Waals surface area contributed by atoms with Gasteiger partial charge in [-0.15, -0.1) is 0 Å². The minimum absolute atomic E-state index is 0.0541. The summed E-state index contributed by atoms with van der Waals surface area (Å²) in [6.07, 6.45) is -0.0541. The third-order valence-corrected chi connectivity index (χ3v) is 6.31. The van der Waals surface area contributed by atoms with E-state index in [2.05, 4.69) is 12.1 Å². The van der Waals surface area contributed by atoms with Gasteiger partial charge in [0.2, 0.25) is 0 Å². The van der Waals surface area contributed by atoms with Crippen molar-refractivity contribution in [2.75, 3.05) is 0 Å². The maximum absolute atomic E-state index is 13.5. The molecule has 3 aromatic rings. The SMILES string of the molecule is N#CC1(C#N)[C@H](c2ccccc2)CC(=O)/C(=C(/O)c2ccccc2)[C@H]1c1ccc(Cl)cc1. The van der Waals surface area contributed by atoms with E-state index in [-0.39, 0.29) is 23.5 Å². The Morgan fingerprint density at radius 1 is 0.875 bits per heavy atom. The molecule has 1 N–H and O–H groups in total. The van der Waals surface area contributed by atoms with Crippen LogP contribution in [-0.2, 0) is 4.79 Å². The second kappa shape index (κ2) is 8.71. The van der Waals surface area contributed by atoms with Crippen LogP contribution in [0.5, 0.6) is 0 Å². The fourth-order valence-electron chi connectivity index (χ4n) is 4.53. The Balaban J connectivity index is 2.02. The van der Waals surface area contributed by atoms with Crippen molar-refractivity contribution >= 4 is 23.1 Å². The van der Waals surface area contributed by atoms with Gasteiger partial charge in [0, 0.05) is 34.4 Å². The molecule has 0 bridgehead atoms. The normalized spacial score (nSPS) is 21.3. The van der Waals surface area contributed by atoms with Gasteiger partial charge in [-0.25, -0.2) is 0 Å². The van der Waals surface area contributed by atoms with Crippen molar-refractivity contribution in [1.29, 1.82) is 10.5 Å². The van der Waals surface area contributed by atoms with Gasteiger partial charge in [-0.05, 0) is 23.3 Å². The van der Waals surface area contributed by atoms with E-state index in [1.54, 1.807) is 54.6 Å². The number of Topliss-reactive ketones (excluding diaryl/α,β-unsaturated/α-hetero) is 1. The van der Waals surface area contributed by atoms with E-state index < -0.39 is 17.3 Å². The van der Waals surface area contributed by atoms with Crippen LogP contribution in [-0.4, -0.2) is 10.9 Å². The maximum Gasteiger partial charge on any atom is 0.164 e. The first-order valence-corrected chi connectivity index (χ1v) is 10.5. The van der Waals surface area contributed by atoms with E-state index in [9.17, 15) is 20.4 Å². The van der Waals surface area contributed by atoms with Crippen LogP contribution in [0, 0.1) is 28.1 Å². The minimum atomic E-state index is -1.61. The van der Waals surface area contributed by atoms with Crippen LogP contribution in [0.25, 0.3) is 5.76 Å². The molecular formula is C27H19ClN2O2. The van der Waals surface area contributed by atoms with Gasteiger partial charge in [0.05, 0.1) is 12.1 Å². The second-order valence-corrected chi connectivity index (χ2v) is 8.23. The van der Waals surface area contributed by atoms with Crippen LogP contribution >= 0.6 is 11.6 Å². The summed E-state index contributed by atoms with van der Waals surface area (Å²) in [5.41, 5.74) is 0.234. The number of hydrogen-bond donors (Lipinski definition) is 1. The van der Waals surface area contributed by atoms with Crippen molar-refractivity contribution in [2.24, 2.45) is 5.41 Å². The molecule has 0 aliphatic heterocycles. The van der Waals surface area contributed by atoms with E-state index in [4.69, 9.17) is 11.6 Å². The minimum Gasteiger partial charge on any atom is -0.507 e. The number of allylic oxidation sites excluding steroid dienone is 1. The monoisotopic (exact) mass is 438 g/mol. The Morgan fingerprint density at radius 3 is 2.00 bits per heavy atom. The largest absolute Gasteiger partial charge is 0.507 e. The van der Waals surface area contributed by atoms with Crippen LogP contribution in [0.1, 0.15) is 34.9 Å². The smallest absolute Gasteiger partial charge is 0.164 e. The molecule has 0 radical (unpaired) electrons. The summed E-state index contributed by atoms with van der Waals surface area (Å²) in [5.74, 6) is -2.11. The molecule has 0 saturated heterocycles. The van der Waals surface area contributed by atoms with Gasteiger partial charge in [0.15, 0.2) is 11.2 Å². The molecule has 0 amide bonds. The summed E-state index contributed by atoms with van der Waals surface area (Å²) >= 11 is 6.08. The molecule has 3 aromatic carbocycles. The van der Waals surface area contributed by atoms with Crippen LogP contribution in [0.3, 0.4) is 0 Å². The zero-order valence-corrected chi connectivity index (χ0v) is 17.8. The lowest BCUT2D eigenvalue weighted by Crippen LogP contribution is -2.42. The highest BCUT2D eigenvalue weighted by atomic mass is 35.5. The first kappa shape index (κ1) is 21.4. The number of carbonyl (C=O) groups is 1. The van der Waals surface area contributed by atoms with E-state index in [1.165, 1.54) is 0 Å². The van der Waals surface area contributed by atoms with Crippen molar-refractivity contribution < 1.29 is 9.90 Å². The fourth-order valence-corrected chi connectivity index (χ4v) is 4.65. The summed E-state index contributed by atoms with van der Waals surface area (Å²) in [6.45, 7) is 0. The van der Waals surface area contributed by atoms with Gasteiger partial charge in [0.25, 0.3) is 0 Å². The molecule has 5 heteroatoms. The highest BCUT2D eigenvalue weighted by Gasteiger charge is 2.56. The highest BCUT2D eigenvalue weighted by Crippen LogP contribution is 2.56. The first-order chi connectivity index (χ1) is 15.5. The molecule has 0 aromatic heterocycles. The number of hydrogen-bond acceptors (Lipinski definition) is 4. The number of rotatable bonds is 3. The lowest BCUT2D eigenvalue weighted by Gasteiger charge is -2.41. The molecule has 4 nitrogen and oxygen atoms in total. The number of halogens is 1. The molecule has 0 spiro atoms. The second-order valence-electron chi connectivity index (χ2n) is 7.80. The number of nitrogens with zero attached hydrogens (tertiary/aromatic N) is 2. The zero-order valence-electron chi connectivity index (χ0n) is 17.1. The predicted molar refractivity (Wildman–Crippen MR) is 123 cm³/mol. The van der Waals surface area contributed by atoms with Gasteiger partial charge in [-0.2, -0.15) is 10.5 Å². The predicted octanol–water partition coefficient (Wildman–Crippen LogP) is 6.18. The lowest BCUT2D eigenvalue weighted by atomic mass is 9.55. The standard InChI is InChI=1S/C27H19ClN2O2/c28-21-13-11-19(12-14-21)25-24(26(32)20-9-5-2-6-10-20)23(31)15-22(27(25,16-29)17-30)18-7-3-1-4-8-18/h1-14,22,25,32H,15H2/b26-24-/t22-,25+/m0/s1. The molecular weight excluding hydrogens is 420 g/mol. The summed E-state index contributed by atoms with van der Waals surface area (Å²) < 4.78 is 0. The van der Waals surface area contributed by atoms with Gasteiger partial charge in [-0.3, -0.25) is 4.79 Å². The molecule has 0 unspecified atom stereocenters. The topological polar surface area (TPSA) is 84.9 Å². The number of nitriles is 2. The van der Waals surface area contributed by atoms with Gasteiger partial charge in [-0.1, -0.05) is 84.4 Å². The van der Waals surface area contributed by atoms with Crippen molar-refractivity contribution in [2.45, 2.75) is 18.3 Å². The Labute approximate surface area is 191 Å². The van der Waals surface area contributed by atoms with Crippen molar-refractivity contribution in [3.05, 3.63) is 112 Å². The molecule has 156 valence electrons. The summed E-state index contributed by atoms with van der Waals surface area (Å²) in [4.78, 5) is 13.5. The maximum atomic E-state index is 13.5. The number of aliphatic hydroxyl groups is 1. The van der Waals surface area contributed by atoms with Crippen LogP contribution < -0.4 is 0 Å². The zero-order chi connectivity index (χ0) is 22.7. The number of ketones is 1. The molecule has 1 aliphatic rings. The third-order valence-electron chi connectivity index (χ3n) is 6.06. The Bertz CT molecular complexity index is 1240. The average molecular weight is 439 g/mol. The van der Waals surface area contributed by atoms with Crippen molar-refractivity contribution in [1.82, 2.24) is 0 Å². The van der Waals surface area contributed by atoms with Crippen molar-refractivity contribution in [3.8, 4) is 12.1 Å². The number of aliphatic hydroxyl groups excluding tert-OH is 1. The number of carbonyl (C=O) groups excluding carboxylic acids is 1.